The van der Waals surface area contributed by atoms with Crippen molar-refractivity contribution in [3.8, 4) is 11.5 Å². The first-order valence-corrected chi connectivity index (χ1v) is 6.04. The summed E-state index contributed by atoms with van der Waals surface area (Å²) < 4.78 is 19.2. The molecule has 0 aliphatic carbocycles. The number of oxazole rings is 1. The first-order valence-electron chi connectivity index (χ1n) is 5.25. The number of nitrogens with two attached hydrogens (primary N) is 1. The molecule has 0 aliphatic rings. The van der Waals surface area contributed by atoms with Crippen molar-refractivity contribution in [2.24, 2.45) is 0 Å². The smallest absolute Gasteiger partial charge is 0.228 e. The highest BCUT2D eigenvalue weighted by Crippen LogP contribution is 2.31. The lowest BCUT2D eigenvalue weighted by Gasteiger charge is -1.98. The number of hydrogen-bond acceptors (Lipinski definition) is 3. The van der Waals surface area contributed by atoms with Gasteiger partial charge in [0.25, 0.3) is 0 Å². The van der Waals surface area contributed by atoms with Gasteiger partial charge in [0.05, 0.1) is 5.56 Å². The summed E-state index contributed by atoms with van der Waals surface area (Å²) in [5.74, 6) is 0.119. The second-order valence-corrected chi connectivity index (χ2v) is 4.72. The highest BCUT2D eigenvalue weighted by molar-refractivity contribution is 9.10. The van der Waals surface area contributed by atoms with Crippen LogP contribution in [0.25, 0.3) is 22.6 Å². The number of anilines is 1. The van der Waals surface area contributed by atoms with E-state index >= 15 is 0 Å². The first kappa shape index (κ1) is 11.2. The van der Waals surface area contributed by atoms with Gasteiger partial charge in [0.2, 0.25) is 5.89 Å². The van der Waals surface area contributed by atoms with E-state index < -0.39 is 0 Å². The zero-order chi connectivity index (χ0) is 12.7. The Morgan fingerprint density at radius 2 is 2.00 bits per heavy atom. The summed E-state index contributed by atoms with van der Waals surface area (Å²) in [6.07, 6.45) is 0. The van der Waals surface area contributed by atoms with E-state index in [1.807, 2.05) is 0 Å². The van der Waals surface area contributed by atoms with E-state index in [2.05, 4.69) is 20.9 Å². The number of benzene rings is 2. The van der Waals surface area contributed by atoms with Gasteiger partial charge in [0.1, 0.15) is 11.3 Å². The third-order valence-electron chi connectivity index (χ3n) is 2.57. The van der Waals surface area contributed by atoms with Gasteiger partial charge in [-0.2, -0.15) is 0 Å². The summed E-state index contributed by atoms with van der Waals surface area (Å²) in [7, 11) is 0. The van der Waals surface area contributed by atoms with Crippen LogP contribution in [0.2, 0.25) is 0 Å². The molecule has 0 aliphatic heterocycles. The molecule has 3 rings (SSSR count). The van der Waals surface area contributed by atoms with Crippen LogP contribution >= 0.6 is 15.9 Å². The molecular weight excluding hydrogens is 299 g/mol. The van der Waals surface area contributed by atoms with E-state index in [0.29, 0.717) is 27.2 Å². The Labute approximate surface area is 111 Å². The average molecular weight is 307 g/mol. The third-order valence-corrected chi connectivity index (χ3v) is 3.23. The predicted molar refractivity (Wildman–Crippen MR) is 71.5 cm³/mol. The molecule has 1 aromatic heterocycles. The monoisotopic (exact) mass is 306 g/mol. The summed E-state index contributed by atoms with van der Waals surface area (Å²) in [6, 6.07) is 9.61. The predicted octanol–water partition coefficient (Wildman–Crippen LogP) is 3.98. The average Bonchev–Trinajstić information content (AvgIpc) is 2.71. The molecule has 5 heteroatoms. The van der Waals surface area contributed by atoms with Crippen molar-refractivity contribution in [1.82, 2.24) is 4.98 Å². The zero-order valence-electron chi connectivity index (χ0n) is 9.15. The van der Waals surface area contributed by atoms with Gasteiger partial charge in [0.15, 0.2) is 5.58 Å². The maximum atomic E-state index is 13.0. The summed E-state index contributed by atoms with van der Waals surface area (Å²) >= 11 is 3.29. The summed E-state index contributed by atoms with van der Waals surface area (Å²) in [5, 5.41) is 0. The van der Waals surface area contributed by atoms with Crippen molar-refractivity contribution in [3.05, 3.63) is 46.7 Å². The van der Waals surface area contributed by atoms with E-state index in [-0.39, 0.29) is 5.82 Å². The molecule has 0 atom stereocenters. The van der Waals surface area contributed by atoms with Crippen LogP contribution in [-0.4, -0.2) is 4.98 Å². The van der Waals surface area contributed by atoms with Crippen molar-refractivity contribution >= 4 is 32.7 Å². The van der Waals surface area contributed by atoms with E-state index in [9.17, 15) is 4.39 Å². The molecule has 90 valence electrons. The first-order chi connectivity index (χ1) is 8.63. The SMILES string of the molecule is Nc1ccc2nc(-c3ccc(F)cc3Br)oc2c1. The second-order valence-electron chi connectivity index (χ2n) is 3.87. The highest BCUT2D eigenvalue weighted by Gasteiger charge is 2.11. The molecule has 1 heterocycles. The van der Waals surface area contributed by atoms with Crippen molar-refractivity contribution in [2.75, 3.05) is 5.73 Å². The van der Waals surface area contributed by atoms with E-state index in [1.165, 1.54) is 12.1 Å². The van der Waals surface area contributed by atoms with Crippen molar-refractivity contribution in [2.45, 2.75) is 0 Å². The lowest BCUT2D eigenvalue weighted by Crippen LogP contribution is -1.82. The van der Waals surface area contributed by atoms with Gasteiger partial charge in [-0.05, 0) is 46.3 Å². The molecule has 0 bridgehead atoms. The number of aromatic nitrogens is 1. The van der Waals surface area contributed by atoms with E-state index in [4.69, 9.17) is 10.2 Å². The fraction of sp³-hybridized carbons (Fsp3) is 0. The lowest BCUT2D eigenvalue weighted by molar-refractivity contribution is 0.615. The molecule has 0 unspecified atom stereocenters. The van der Waals surface area contributed by atoms with Gasteiger partial charge in [-0.3, -0.25) is 0 Å². The van der Waals surface area contributed by atoms with Crippen molar-refractivity contribution < 1.29 is 8.81 Å². The van der Waals surface area contributed by atoms with Crippen LogP contribution in [0.3, 0.4) is 0 Å². The summed E-state index contributed by atoms with van der Waals surface area (Å²) in [5.41, 5.74) is 8.32. The Kier molecular flexibility index (Phi) is 2.56. The summed E-state index contributed by atoms with van der Waals surface area (Å²) in [6.45, 7) is 0. The second kappa shape index (κ2) is 4.10. The third kappa shape index (κ3) is 1.86. The molecule has 0 amide bonds. The van der Waals surface area contributed by atoms with Crippen molar-refractivity contribution in [3.63, 3.8) is 0 Å². The van der Waals surface area contributed by atoms with Crippen molar-refractivity contribution in [1.29, 1.82) is 0 Å². The maximum absolute atomic E-state index is 13.0. The molecule has 3 aromatic rings. The fourth-order valence-electron chi connectivity index (χ4n) is 1.72. The fourth-order valence-corrected chi connectivity index (χ4v) is 2.24. The van der Waals surface area contributed by atoms with Gasteiger partial charge >= 0.3 is 0 Å². The Morgan fingerprint density at radius 3 is 2.78 bits per heavy atom. The van der Waals surface area contributed by atoms with E-state index in [1.54, 1.807) is 24.3 Å². The largest absolute Gasteiger partial charge is 0.436 e. The van der Waals surface area contributed by atoms with Crippen LogP contribution in [-0.2, 0) is 0 Å². The van der Waals surface area contributed by atoms with Crippen LogP contribution in [0.4, 0.5) is 10.1 Å². The quantitative estimate of drug-likeness (QED) is 0.692. The van der Waals surface area contributed by atoms with Crippen LogP contribution in [0.5, 0.6) is 0 Å². The molecule has 3 nitrogen and oxygen atoms in total. The topological polar surface area (TPSA) is 52.0 Å². The molecule has 0 saturated carbocycles. The van der Waals surface area contributed by atoms with E-state index in [0.717, 1.165) is 5.52 Å². The minimum atomic E-state index is -0.314. The number of rotatable bonds is 1. The van der Waals surface area contributed by atoms with Crippen LogP contribution in [0.1, 0.15) is 0 Å². The minimum absolute atomic E-state index is 0.314. The van der Waals surface area contributed by atoms with Gasteiger partial charge in [-0.25, -0.2) is 9.37 Å². The Bertz CT molecular complexity index is 739. The van der Waals surface area contributed by atoms with Crippen LogP contribution in [0.15, 0.2) is 45.3 Å². The number of hydrogen-bond donors (Lipinski definition) is 1. The van der Waals surface area contributed by atoms with Crippen LogP contribution < -0.4 is 5.73 Å². The maximum Gasteiger partial charge on any atom is 0.228 e. The number of nitrogen functional groups attached to an aromatic ring is 1. The molecule has 0 fully saturated rings. The lowest BCUT2D eigenvalue weighted by atomic mass is 10.2. The summed E-state index contributed by atoms with van der Waals surface area (Å²) in [4.78, 5) is 4.34. The zero-order valence-corrected chi connectivity index (χ0v) is 10.7. The Morgan fingerprint density at radius 1 is 1.17 bits per heavy atom. The van der Waals surface area contributed by atoms with Gasteiger partial charge < -0.3 is 10.2 Å². The van der Waals surface area contributed by atoms with Gasteiger partial charge in [-0.15, -0.1) is 0 Å². The number of fused-ring (bicyclic) bond motifs is 1. The molecule has 0 saturated heterocycles. The molecule has 0 radical (unpaired) electrons. The Balaban J connectivity index is 2.19. The normalized spacial score (nSPS) is 11.0. The molecule has 2 aromatic carbocycles. The van der Waals surface area contributed by atoms with Gasteiger partial charge in [0, 0.05) is 16.2 Å². The highest BCUT2D eigenvalue weighted by atomic mass is 79.9. The standard InChI is InChI=1S/C13H8BrFN2O/c14-10-5-7(15)1-3-9(10)13-17-11-4-2-8(16)6-12(11)18-13/h1-6H,16H2. The minimum Gasteiger partial charge on any atom is -0.436 e. The molecule has 18 heavy (non-hydrogen) atoms. The van der Waals surface area contributed by atoms with Gasteiger partial charge in [-0.1, -0.05) is 0 Å². The Hall–Kier alpha value is -1.88. The number of halogens is 2. The molecular formula is C13H8BrFN2O. The number of nitrogens with zero attached hydrogens (tertiary/aromatic N) is 1. The molecule has 0 spiro atoms. The molecule has 2 N–H and O–H groups in total. The van der Waals surface area contributed by atoms with Crippen LogP contribution in [0, 0.1) is 5.82 Å².